The van der Waals surface area contributed by atoms with Crippen LogP contribution in [0.3, 0.4) is 0 Å². The number of anilines is 1. The van der Waals surface area contributed by atoms with Gasteiger partial charge >= 0.3 is 0 Å². The molecule has 0 aromatic heterocycles. The smallest absolute Gasteiger partial charge is 0.0337 e. The summed E-state index contributed by atoms with van der Waals surface area (Å²) in [7, 11) is 3.41. The number of para-hydroxylation sites is 1. The summed E-state index contributed by atoms with van der Waals surface area (Å²) in [5, 5.41) is 3.03. The van der Waals surface area contributed by atoms with Gasteiger partial charge < -0.3 is 11.1 Å². The van der Waals surface area contributed by atoms with E-state index in [1.54, 1.807) is 0 Å². The third-order valence-electron chi connectivity index (χ3n) is 1.06. The number of benzene rings is 1. The largest absolute Gasteiger partial charge is 0.388 e. The third-order valence-corrected chi connectivity index (χ3v) is 1.06. The lowest BCUT2D eigenvalue weighted by Crippen LogP contribution is -1.84. The molecular weight excluding hydrogens is 124 g/mol. The van der Waals surface area contributed by atoms with Gasteiger partial charge in [0.15, 0.2) is 0 Å². The molecule has 56 valence electrons. The Morgan fingerprint density at radius 1 is 1.10 bits per heavy atom. The molecule has 0 aliphatic carbocycles. The fraction of sp³-hybridized carbons (Fsp3) is 0.250. The summed E-state index contributed by atoms with van der Waals surface area (Å²) in [5.41, 5.74) is 5.66. The summed E-state index contributed by atoms with van der Waals surface area (Å²) in [6.07, 6.45) is 0. The highest BCUT2D eigenvalue weighted by Gasteiger charge is 1.77. The molecule has 0 atom stereocenters. The molecule has 0 aliphatic rings. The van der Waals surface area contributed by atoms with Gasteiger partial charge in [-0.3, -0.25) is 0 Å². The van der Waals surface area contributed by atoms with E-state index in [1.165, 1.54) is 7.05 Å². The van der Waals surface area contributed by atoms with Gasteiger partial charge in [-0.1, -0.05) is 18.2 Å². The van der Waals surface area contributed by atoms with Crippen LogP contribution in [-0.4, -0.2) is 14.1 Å². The number of nitrogens with one attached hydrogen (secondary N) is 1. The molecule has 0 saturated heterocycles. The predicted octanol–water partition coefficient (Wildman–Crippen LogP) is 1.30. The van der Waals surface area contributed by atoms with Crippen LogP contribution in [0.15, 0.2) is 30.3 Å². The van der Waals surface area contributed by atoms with E-state index in [2.05, 4.69) is 11.1 Å². The minimum atomic E-state index is 1.16. The second kappa shape index (κ2) is 6.11. The Bertz CT molecular complexity index is 149. The minimum Gasteiger partial charge on any atom is -0.388 e. The zero-order valence-corrected chi connectivity index (χ0v) is 6.46. The molecule has 0 amide bonds. The van der Waals surface area contributed by atoms with Crippen molar-refractivity contribution in [2.75, 3.05) is 19.4 Å². The summed E-state index contributed by atoms with van der Waals surface area (Å²) in [5.74, 6) is 0. The number of rotatable bonds is 1. The van der Waals surface area contributed by atoms with Crippen molar-refractivity contribution >= 4 is 5.69 Å². The van der Waals surface area contributed by atoms with Crippen LogP contribution in [0.1, 0.15) is 0 Å². The van der Waals surface area contributed by atoms with Crippen molar-refractivity contribution in [2.24, 2.45) is 5.73 Å². The summed E-state index contributed by atoms with van der Waals surface area (Å²) in [4.78, 5) is 0. The molecule has 1 aromatic carbocycles. The lowest BCUT2D eigenvalue weighted by molar-refractivity contribution is 1.48. The van der Waals surface area contributed by atoms with Gasteiger partial charge in [-0.2, -0.15) is 0 Å². The fourth-order valence-corrected chi connectivity index (χ4v) is 0.605. The number of hydrogen-bond donors (Lipinski definition) is 2. The van der Waals surface area contributed by atoms with Crippen LogP contribution < -0.4 is 11.1 Å². The van der Waals surface area contributed by atoms with E-state index in [4.69, 9.17) is 0 Å². The van der Waals surface area contributed by atoms with Gasteiger partial charge in [-0.25, -0.2) is 0 Å². The first-order valence-corrected chi connectivity index (χ1v) is 3.24. The van der Waals surface area contributed by atoms with Crippen LogP contribution in [0.4, 0.5) is 5.69 Å². The molecule has 0 saturated carbocycles. The van der Waals surface area contributed by atoms with E-state index in [0.717, 1.165) is 5.69 Å². The molecule has 0 unspecified atom stereocenters. The van der Waals surface area contributed by atoms with Crippen LogP contribution in [-0.2, 0) is 0 Å². The van der Waals surface area contributed by atoms with Gasteiger partial charge in [0, 0.05) is 12.7 Å². The maximum atomic E-state index is 4.50. The second-order valence-corrected chi connectivity index (χ2v) is 1.62. The normalized spacial score (nSPS) is 7.50. The van der Waals surface area contributed by atoms with E-state index in [9.17, 15) is 0 Å². The Hall–Kier alpha value is -1.02. The molecular formula is C8H14N2. The maximum Gasteiger partial charge on any atom is 0.0337 e. The topological polar surface area (TPSA) is 38.0 Å². The zero-order valence-electron chi connectivity index (χ0n) is 6.46. The molecule has 2 nitrogen and oxygen atoms in total. The zero-order chi connectivity index (χ0) is 7.82. The molecule has 3 N–H and O–H groups in total. The van der Waals surface area contributed by atoms with Crippen molar-refractivity contribution in [1.82, 2.24) is 0 Å². The monoisotopic (exact) mass is 138 g/mol. The van der Waals surface area contributed by atoms with Crippen LogP contribution in [0, 0.1) is 0 Å². The summed E-state index contributed by atoms with van der Waals surface area (Å²) < 4.78 is 0. The SMILES string of the molecule is CN.CNc1ccccc1. The fourth-order valence-electron chi connectivity index (χ4n) is 0.605. The highest BCUT2D eigenvalue weighted by Crippen LogP contribution is 2.01. The van der Waals surface area contributed by atoms with Crippen molar-refractivity contribution in [3.8, 4) is 0 Å². The lowest BCUT2D eigenvalue weighted by Gasteiger charge is -1.94. The highest BCUT2D eigenvalue weighted by atomic mass is 14.8. The summed E-state index contributed by atoms with van der Waals surface area (Å²) in [6.45, 7) is 0. The quantitative estimate of drug-likeness (QED) is 0.614. The van der Waals surface area contributed by atoms with Crippen molar-refractivity contribution < 1.29 is 0 Å². The van der Waals surface area contributed by atoms with Gasteiger partial charge in [-0.15, -0.1) is 0 Å². The second-order valence-electron chi connectivity index (χ2n) is 1.62. The van der Waals surface area contributed by atoms with Crippen LogP contribution in [0.2, 0.25) is 0 Å². The van der Waals surface area contributed by atoms with Crippen LogP contribution in [0.25, 0.3) is 0 Å². The number of nitrogens with two attached hydrogens (primary N) is 1. The Kier molecular flexibility index (Phi) is 5.48. The van der Waals surface area contributed by atoms with Crippen molar-refractivity contribution in [3.05, 3.63) is 30.3 Å². The maximum absolute atomic E-state index is 4.50. The van der Waals surface area contributed by atoms with E-state index in [0.29, 0.717) is 0 Å². The van der Waals surface area contributed by atoms with Gasteiger partial charge in [0.05, 0.1) is 0 Å². The standard InChI is InChI=1S/C7H9N.CH5N/c1-8-7-5-3-2-4-6-7;1-2/h2-6,8H,1H3;2H2,1H3. The van der Waals surface area contributed by atoms with E-state index < -0.39 is 0 Å². The number of hydrogen-bond acceptors (Lipinski definition) is 2. The van der Waals surface area contributed by atoms with Gasteiger partial charge in [0.2, 0.25) is 0 Å². The molecule has 0 fully saturated rings. The van der Waals surface area contributed by atoms with E-state index in [1.807, 2.05) is 37.4 Å². The molecule has 1 rings (SSSR count). The van der Waals surface area contributed by atoms with Crippen molar-refractivity contribution in [2.45, 2.75) is 0 Å². The Balaban J connectivity index is 0.000000371. The average molecular weight is 138 g/mol. The Labute approximate surface area is 62.1 Å². The first kappa shape index (κ1) is 8.98. The van der Waals surface area contributed by atoms with Crippen LogP contribution >= 0.6 is 0 Å². The summed E-state index contributed by atoms with van der Waals surface area (Å²) in [6, 6.07) is 10.1. The molecule has 0 radical (unpaired) electrons. The minimum absolute atomic E-state index is 1.16. The van der Waals surface area contributed by atoms with Crippen molar-refractivity contribution in [1.29, 1.82) is 0 Å². The molecule has 2 heteroatoms. The van der Waals surface area contributed by atoms with E-state index in [-0.39, 0.29) is 0 Å². The first-order valence-electron chi connectivity index (χ1n) is 3.24. The lowest BCUT2D eigenvalue weighted by atomic mass is 10.3. The molecule has 10 heavy (non-hydrogen) atoms. The summed E-state index contributed by atoms with van der Waals surface area (Å²) >= 11 is 0. The predicted molar refractivity (Wildman–Crippen MR) is 46.1 cm³/mol. The van der Waals surface area contributed by atoms with Gasteiger partial charge in [0.25, 0.3) is 0 Å². The molecule has 0 aliphatic heterocycles. The molecule has 0 bridgehead atoms. The van der Waals surface area contributed by atoms with Crippen molar-refractivity contribution in [3.63, 3.8) is 0 Å². The first-order chi connectivity index (χ1) is 4.93. The van der Waals surface area contributed by atoms with E-state index >= 15 is 0 Å². The Morgan fingerprint density at radius 2 is 1.60 bits per heavy atom. The van der Waals surface area contributed by atoms with Crippen LogP contribution in [0.5, 0.6) is 0 Å². The molecule has 0 heterocycles. The molecule has 0 spiro atoms. The highest BCUT2D eigenvalue weighted by molar-refractivity contribution is 5.41. The molecule has 1 aromatic rings. The average Bonchev–Trinajstić information content (AvgIpc) is 2.10. The Morgan fingerprint density at radius 3 is 1.90 bits per heavy atom. The van der Waals surface area contributed by atoms with Gasteiger partial charge in [0.1, 0.15) is 0 Å². The van der Waals surface area contributed by atoms with Gasteiger partial charge in [-0.05, 0) is 19.2 Å². The third kappa shape index (κ3) is 3.10.